The van der Waals surface area contributed by atoms with Crippen LogP contribution in [-0.2, 0) is 15.6 Å². The molecule has 5 nitrogen and oxygen atoms in total. The van der Waals surface area contributed by atoms with Crippen molar-refractivity contribution in [3.63, 3.8) is 0 Å². The Kier molecular flexibility index (Phi) is 5.61. The van der Waals surface area contributed by atoms with Crippen molar-refractivity contribution in [2.24, 2.45) is 0 Å². The van der Waals surface area contributed by atoms with Gasteiger partial charge in [0.2, 0.25) is 0 Å². The Morgan fingerprint density at radius 1 is 1.36 bits per heavy atom. The predicted octanol–water partition coefficient (Wildman–Crippen LogP) is -0.452. The van der Waals surface area contributed by atoms with Gasteiger partial charge in [-0.3, -0.25) is 4.55 Å². The zero-order valence-corrected chi connectivity index (χ0v) is 7.80. The molecule has 0 saturated carbocycles. The summed E-state index contributed by atoms with van der Waals surface area (Å²) >= 11 is -2.20. The van der Waals surface area contributed by atoms with E-state index in [4.69, 9.17) is 4.55 Å². The molecule has 0 amide bonds. The smallest absolute Gasteiger partial charge is 0.308 e. The fourth-order valence-electron chi connectivity index (χ4n) is 0.487. The summed E-state index contributed by atoms with van der Waals surface area (Å²) in [5.74, 6) is 0. The third-order valence-corrected chi connectivity index (χ3v) is 1.44. The van der Waals surface area contributed by atoms with Gasteiger partial charge in [0, 0.05) is 20.1 Å². The molecule has 0 fully saturated rings. The van der Waals surface area contributed by atoms with Crippen molar-refractivity contribution in [2.45, 2.75) is 0 Å². The maximum absolute atomic E-state index is 10.1. The Labute approximate surface area is 69.4 Å². The van der Waals surface area contributed by atoms with Crippen molar-refractivity contribution < 1.29 is 13.0 Å². The van der Waals surface area contributed by atoms with Crippen LogP contribution < -0.4 is 0 Å². The third-order valence-electron chi connectivity index (χ3n) is 1.05. The Hall–Kier alpha value is -0.0100. The van der Waals surface area contributed by atoms with E-state index in [0.29, 0.717) is 6.54 Å². The Morgan fingerprint density at radius 2 is 1.91 bits per heavy atom. The summed E-state index contributed by atoms with van der Waals surface area (Å²) < 4.78 is 22.8. The molecule has 1 N–H and O–H groups in total. The monoisotopic (exact) mass is 182 g/mol. The van der Waals surface area contributed by atoms with Crippen LogP contribution in [0.15, 0.2) is 0 Å². The quantitative estimate of drug-likeness (QED) is 0.461. The van der Waals surface area contributed by atoms with Crippen molar-refractivity contribution >= 4 is 11.4 Å². The van der Waals surface area contributed by atoms with Gasteiger partial charge < -0.3 is 4.90 Å². The topological polar surface area (TPSA) is 53.0 Å². The summed E-state index contributed by atoms with van der Waals surface area (Å²) in [6.45, 7) is 1.38. The van der Waals surface area contributed by atoms with Crippen molar-refractivity contribution in [1.82, 2.24) is 9.96 Å². The fourth-order valence-corrected chi connectivity index (χ4v) is 0.779. The lowest BCUT2D eigenvalue weighted by atomic mass is 10.6. The highest BCUT2D eigenvalue weighted by Crippen LogP contribution is 1.87. The van der Waals surface area contributed by atoms with E-state index in [0.717, 1.165) is 6.54 Å². The average Bonchev–Trinajstić information content (AvgIpc) is 1.82. The minimum Gasteiger partial charge on any atom is -0.308 e. The maximum Gasteiger partial charge on any atom is 0.319 e. The molecule has 0 aliphatic rings. The van der Waals surface area contributed by atoms with Gasteiger partial charge in [-0.2, -0.15) is 13.6 Å². The van der Waals surface area contributed by atoms with Gasteiger partial charge in [-0.25, -0.2) is 0 Å². The van der Waals surface area contributed by atoms with Crippen molar-refractivity contribution in [2.75, 3.05) is 34.2 Å². The summed E-state index contributed by atoms with van der Waals surface area (Å²) in [5, 5.41) is 1.33. The molecule has 6 heteroatoms. The minimum absolute atomic E-state index is 0.597. The van der Waals surface area contributed by atoms with Gasteiger partial charge >= 0.3 is 11.4 Å². The third kappa shape index (κ3) is 7.89. The number of likely N-dealkylation sites (N-methyl/N-ethyl adjacent to an activating group) is 2. The van der Waals surface area contributed by atoms with E-state index in [1.807, 2.05) is 19.0 Å². The Bertz CT molecular complexity index is 131. The van der Waals surface area contributed by atoms with Crippen LogP contribution in [-0.4, -0.2) is 53.0 Å². The van der Waals surface area contributed by atoms with Crippen LogP contribution in [0.5, 0.6) is 0 Å². The second-order valence-corrected chi connectivity index (χ2v) is 3.03. The second-order valence-electron chi connectivity index (χ2n) is 2.45. The van der Waals surface area contributed by atoms with Crippen LogP contribution in [0, 0.1) is 0 Å². The first-order chi connectivity index (χ1) is 5.02. The van der Waals surface area contributed by atoms with Crippen molar-refractivity contribution in [3.8, 4) is 0 Å². The molecule has 0 aliphatic carbocycles. The Balaban J connectivity index is 3.37. The minimum atomic E-state index is -2.20. The Morgan fingerprint density at radius 3 is 2.27 bits per heavy atom. The second kappa shape index (κ2) is 5.62. The summed E-state index contributed by atoms with van der Waals surface area (Å²) in [6.07, 6.45) is 0. The molecule has 0 spiro atoms. The molecule has 0 aromatic heterocycles. The lowest BCUT2D eigenvalue weighted by Crippen LogP contribution is -2.29. The molecule has 0 heterocycles. The summed E-state index contributed by atoms with van der Waals surface area (Å²) in [6, 6.07) is 0. The number of hydrogen-bond donors (Lipinski definition) is 1. The van der Waals surface area contributed by atoms with Gasteiger partial charge in [0.05, 0.1) is 0 Å². The van der Waals surface area contributed by atoms with E-state index in [-0.39, 0.29) is 0 Å². The molecule has 1 atom stereocenters. The largest absolute Gasteiger partial charge is 0.319 e. The zero-order valence-electron chi connectivity index (χ0n) is 6.98. The van der Waals surface area contributed by atoms with Crippen molar-refractivity contribution in [3.05, 3.63) is 0 Å². The molecular weight excluding hydrogens is 168 g/mol. The molecule has 11 heavy (non-hydrogen) atoms. The molecule has 1 unspecified atom stereocenters. The fraction of sp³-hybridized carbons (Fsp3) is 1.00. The van der Waals surface area contributed by atoms with Gasteiger partial charge in [-0.15, -0.1) is 0 Å². The molecule has 0 rings (SSSR count). The summed E-state index contributed by atoms with van der Waals surface area (Å²) in [7, 11) is 5.45. The normalized spacial score (nSPS) is 14.4. The average molecular weight is 182 g/mol. The van der Waals surface area contributed by atoms with E-state index >= 15 is 0 Å². The number of rotatable bonds is 5. The van der Waals surface area contributed by atoms with Gasteiger partial charge in [0.15, 0.2) is 0 Å². The van der Waals surface area contributed by atoms with Crippen LogP contribution in [0.4, 0.5) is 0 Å². The van der Waals surface area contributed by atoms with Gasteiger partial charge in [0.25, 0.3) is 0 Å². The first-order valence-electron chi connectivity index (χ1n) is 3.17. The maximum atomic E-state index is 10.1. The summed E-state index contributed by atoms with van der Waals surface area (Å²) in [4.78, 5) is 1.96. The van der Waals surface area contributed by atoms with E-state index < -0.39 is 11.4 Å². The molecule has 0 radical (unpaired) electrons. The van der Waals surface area contributed by atoms with Crippen LogP contribution >= 0.6 is 0 Å². The SMILES string of the molecule is CN(C)CCN(C)OS(=O)O. The van der Waals surface area contributed by atoms with Gasteiger partial charge in [0.1, 0.15) is 0 Å². The molecule has 0 bridgehead atoms. The van der Waals surface area contributed by atoms with Gasteiger partial charge in [-0.1, -0.05) is 0 Å². The van der Waals surface area contributed by atoms with Crippen molar-refractivity contribution in [1.29, 1.82) is 0 Å². The molecule has 0 aromatic rings. The zero-order chi connectivity index (χ0) is 8.85. The standard InChI is InChI=1S/C5H14N2O3S/c1-6(2)4-5-7(3)10-11(8)9/h4-5H2,1-3H3,(H,8,9). The van der Waals surface area contributed by atoms with E-state index in [2.05, 4.69) is 4.28 Å². The molecule has 0 saturated heterocycles. The molecular formula is C5H14N2O3S. The first-order valence-corrected chi connectivity index (χ1v) is 4.20. The number of nitrogens with zero attached hydrogens (tertiary/aromatic N) is 2. The van der Waals surface area contributed by atoms with Crippen LogP contribution in [0.25, 0.3) is 0 Å². The first kappa shape index (κ1) is 11.0. The van der Waals surface area contributed by atoms with E-state index in [9.17, 15) is 4.21 Å². The highest BCUT2D eigenvalue weighted by molar-refractivity contribution is 7.74. The summed E-state index contributed by atoms with van der Waals surface area (Å²) in [5.41, 5.74) is 0. The molecule has 0 aliphatic heterocycles. The predicted molar refractivity (Wildman–Crippen MR) is 43.0 cm³/mol. The number of hydrogen-bond acceptors (Lipinski definition) is 4. The lowest BCUT2D eigenvalue weighted by Gasteiger charge is -2.15. The van der Waals surface area contributed by atoms with E-state index in [1.54, 1.807) is 7.05 Å². The lowest BCUT2D eigenvalue weighted by molar-refractivity contribution is -0.0291. The molecule has 0 aromatic carbocycles. The highest BCUT2D eigenvalue weighted by atomic mass is 32.2. The number of hydroxylamine groups is 2. The van der Waals surface area contributed by atoms with Crippen LogP contribution in [0.1, 0.15) is 0 Å². The van der Waals surface area contributed by atoms with E-state index in [1.165, 1.54) is 5.06 Å². The van der Waals surface area contributed by atoms with Gasteiger partial charge in [-0.05, 0) is 14.1 Å². The van der Waals surface area contributed by atoms with Crippen LogP contribution in [0.2, 0.25) is 0 Å². The van der Waals surface area contributed by atoms with Crippen LogP contribution in [0.3, 0.4) is 0 Å². The highest BCUT2D eigenvalue weighted by Gasteiger charge is 2.02. The molecule has 68 valence electrons.